The average molecular weight is 186 g/mol. The first-order chi connectivity index (χ1) is 5.91. The predicted octanol–water partition coefficient (Wildman–Crippen LogP) is 3.40. The van der Waals surface area contributed by atoms with Crippen LogP contribution in [-0.4, -0.2) is 12.0 Å². The summed E-state index contributed by atoms with van der Waals surface area (Å²) in [5.74, 6) is 1.15. The zero-order valence-electron chi connectivity index (χ0n) is 7.79. The fourth-order valence-corrected chi connectivity index (χ4v) is 1.63. The van der Waals surface area contributed by atoms with Crippen LogP contribution in [0.25, 0.3) is 0 Å². The van der Waals surface area contributed by atoms with E-state index in [0.29, 0.717) is 0 Å². The Bertz CT molecular complexity index is 121. The van der Waals surface area contributed by atoms with Gasteiger partial charge in [-0.1, -0.05) is 32.6 Å². The summed E-state index contributed by atoms with van der Waals surface area (Å²) in [4.78, 5) is 9.88. The molecule has 0 bridgehead atoms. The van der Waals surface area contributed by atoms with Crippen LogP contribution in [0.5, 0.6) is 0 Å². The first kappa shape index (κ1) is 11.8. The second-order valence-electron chi connectivity index (χ2n) is 2.75. The fraction of sp³-hybridized carbons (Fsp3) is 0.700. The third-order valence-electron chi connectivity index (χ3n) is 1.62. The molecule has 0 amide bonds. The molecule has 0 aromatic carbocycles. The van der Waals surface area contributed by atoms with Crippen molar-refractivity contribution < 1.29 is 4.79 Å². The number of carbonyl (C=O) groups is 1. The summed E-state index contributed by atoms with van der Waals surface area (Å²) in [6.07, 6.45) is 8.99. The van der Waals surface area contributed by atoms with E-state index in [2.05, 4.69) is 6.92 Å². The molecule has 0 unspecified atom stereocenters. The lowest BCUT2D eigenvalue weighted by Gasteiger charge is -1.96. The Labute approximate surface area is 79.6 Å². The van der Waals surface area contributed by atoms with Crippen LogP contribution in [0, 0.1) is 0 Å². The van der Waals surface area contributed by atoms with E-state index in [1.54, 1.807) is 17.8 Å². The Morgan fingerprint density at radius 2 is 1.92 bits per heavy atom. The van der Waals surface area contributed by atoms with Crippen LogP contribution in [0.3, 0.4) is 0 Å². The molecule has 1 nitrogen and oxygen atoms in total. The molecule has 70 valence electrons. The normalized spacial score (nSPS) is 10.8. The Morgan fingerprint density at radius 3 is 2.58 bits per heavy atom. The molecule has 0 aliphatic heterocycles. The standard InChI is InChI=1S/C10H18OS/c1-2-3-4-5-6-9-12-10-7-8-11/h7-8,10H,2-6,9H2,1H3/b10-7+. The molecule has 0 spiro atoms. The van der Waals surface area contributed by atoms with Crippen LogP contribution in [0.2, 0.25) is 0 Å². The third-order valence-corrected chi connectivity index (χ3v) is 2.49. The number of unbranched alkanes of at least 4 members (excludes halogenated alkanes) is 4. The second-order valence-corrected chi connectivity index (χ2v) is 3.76. The Hall–Kier alpha value is -0.240. The van der Waals surface area contributed by atoms with E-state index >= 15 is 0 Å². The molecular formula is C10H18OS. The lowest BCUT2D eigenvalue weighted by Crippen LogP contribution is -1.79. The number of hydrogen-bond donors (Lipinski definition) is 0. The van der Waals surface area contributed by atoms with Crippen LogP contribution in [0.4, 0.5) is 0 Å². The van der Waals surface area contributed by atoms with Crippen LogP contribution in [0.1, 0.15) is 39.0 Å². The van der Waals surface area contributed by atoms with Crippen molar-refractivity contribution >= 4 is 18.0 Å². The van der Waals surface area contributed by atoms with Gasteiger partial charge in [-0.05, 0) is 23.7 Å². The smallest absolute Gasteiger partial charge is 0.143 e. The summed E-state index contributed by atoms with van der Waals surface area (Å²) in [6.45, 7) is 2.22. The van der Waals surface area contributed by atoms with E-state index in [1.807, 2.05) is 5.41 Å². The van der Waals surface area contributed by atoms with E-state index in [1.165, 1.54) is 32.1 Å². The fourth-order valence-electron chi connectivity index (χ4n) is 0.945. The highest BCUT2D eigenvalue weighted by atomic mass is 32.2. The molecule has 0 aromatic heterocycles. The first-order valence-electron chi connectivity index (χ1n) is 4.63. The Balaban J connectivity index is 2.90. The van der Waals surface area contributed by atoms with Crippen molar-refractivity contribution in [2.75, 3.05) is 5.75 Å². The molecule has 0 saturated heterocycles. The molecule has 0 fully saturated rings. The highest BCUT2D eigenvalue weighted by Crippen LogP contribution is 2.08. The van der Waals surface area contributed by atoms with Gasteiger partial charge < -0.3 is 0 Å². The predicted molar refractivity (Wildman–Crippen MR) is 56.4 cm³/mol. The summed E-state index contributed by atoms with van der Waals surface area (Å²) >= 11 is 1.72. The van der Waals surface area contributed by atoms with Gasteiger partial charge in [0.25, 0.3) is 0 Å². The summed E-state index contributed by atoms with van der Waals surface area (Å²) in [5.41, 5.74) is 0. The van der Waals surface area contributed by atoms with Gasteiger partial charge in [-0.2, -0.15) is 0 Å². The van der Waals surface area contributed by atoms with Gasteiger partial charge in [-0.3, -0.25) is 4.79 Å². The minimum atomic E-state index is 0.823. The first-order valence-corrected chi connectivity index (χ1v) is 5.68. The van der Waals surface area contributed by atoms with Crippen molar-refractivity contribution in [1.82, 2.24) is 0 Å². The topological polar surface area (TPSA) is 17.1 Å². The molecule has 0 rings (SSSR count). The number of hydrogen-bond acceptors (Lipinski definition) is 2. The van der Waals surface area contributed by atoms with Crippen LogP contribution >= 0.6 is 11.8 Å². The molecule has 0 heterocycles. The maximum Gasteiger partial charge on any atom is 0.143 e. The molecule has 0 aliphatic carbocycles. The van der Waals surface area contributed by atoms with Crippen LogP contribution in [-0.2, 0) is 4.79 Å². The molecule has 0 radical (unpaired) electrons. The van der Waals surface area contributed by atoms with E-state index in [4.69, 9.17) is 0 Å². The second kappa shape index (κ2) is 10.8. The molecule has 2 heteroatoms. The van der Waals surface area contributed by atoms with Gasteiger partial charge in [-0.25, -0.2) is 0 Å². The van der Waals surface area contributed by atoms with Gasteiger partial charge in [0.15, 0.2) is 0 Å². The van der Waals surface area contributed by atoms with E-state index in [-0.39, 0.29) is 0 Å². The molecule has 0 saturated carbocycles. The maximum absolute atomic E-state index is 9.88. The molecule has 0 aromatic rings. The monoisotopic (exact) mass is 186 g/mol. The van der Waals surface area contributed by atoms with Crippen molar-refractivity contribution in [3.8, 4) is 0 Å². The Kier molecular flexibility index (Phi) is 10.5. The molecule has 0 N–H and O–H groups in total. The zero-order valence-corrected chi connectivity index (χ0v) is 8.61. The molecular weight excluding hydrogens is 168 g/mol. The average Bonchev–Trinajstić information content (AvgIpc) is 2.10. The lowest BCUT2D eigenvalue weighted by atomic mass is 10.2. The van der Waals surface area contributed by atoms with Gasteiger partial charge in [0.1, 0.15) is 6.29 Å². The lowest BCUT2D eigenvalue weighted by molar-refractivity contribution is -0.104. The summed E-state index contributed by atoms with van der Waals surface area (Å²) < 4.78 is 0. The van der Waals surface area contributed by atoms with E-state index in [0.717, 1.165) is 12.0 Å². The van der Waals surface area contributed by atoms with Crippen molar-refractivity contribution in [3.63, 3.8) is 0 Å². The van der Waals surface area contributed by atoms with Crippen molar-refractivity contribution in [2.24, 2.45) is 0 Å². The minimum Gasteiger partial charge on any atom is -0.299 e. The maximum atomic E-state index is 9.88. The quantitative estimate of drug-likeness (QED) is 0.328. The van der Waals surface area contributed by atoms with Gasteiger partial charge in [-0.15, -0.1) is 11.8 Å². The summed E-state index contributed by atoms with van der Waals surface area (Å²) in [5, 5.41) is 1.87. The van der Waals surface area contributed by atoms with Gasteiger partial charge in [0.2, 0.25) is 0 Å². The van der Waals surface area contributed by atoms with Crippen LogP contribution < -0.4 is 0 Å². The Morgan fingerprint density at radius 1 is 1.17 bits per heavy atom. The van der Waals surface area contributed by atoms with E-state index in [9.17, 15) is 4.79 Å². The third kappa shape index (κ3) is 9.76. The van der Waals surface area contributed by atoms with Gasteiger partial charge in [0.05, 0.1) is 0 Å². The number of rotatable bonds is 8. The SMILES string of the molecule is CCCCCCCS/C=C/C=O. The minimum absolute atomic E-state index is 0.823. The number of allylic oxidation sites excluding steroid dienone is 1. The number of carbonyl (C=O) groups excluding carboxylic acids is 1. The van der Waals surface area contributed by atoms with E-state index < -0.39 is 0 Å². The van der Waals surface area contributed by atoms with Crippen molar-refractivity contribution in [2.45, 2.75) is 39.0 Å². The number of thioether (sulfide) groups is 1. The molecule has 12 heavy (non-hydrogen) atoms. The summed E-state index contributed by atoms with van der Waals surface area (Å²) in [6, 6.07) is 0. The van der Waals surface area contributed by atoms with Crippen LogP contribution in [0.15, 0.2) is 11.5 Å². The van der Waals surface area contributed by atoms with Gasteiger partial charge >= 0.3 is 0 Å². The van der Waals surface area contributed by atoms with Crippen molar-refractivity contribution in [1.29, 1.82) is 0 Å². The zero-order chi connectivity index (χ0) is 9.07. The number of aldehydes is 1. The molecule has 0 aliphatic rings. The highest BCUT2D eigenvalue weighted by molar-refractivity contribution is 8.02. The highest BCUT2D eigenvalue weighted by Gasteiger charge is 1.87. The summed E-state index contributed by atoms with van der Waals surface area (Å²) in [7, 11) is 0. The largest absolute Gasteiger partial charge is 0.299 e. The van der Waals surface area contributed by atoms with Crippen molar-refractivity contribution in [3.05, 3.63) is 11.5 Å². The molecule has 0 atom stereocenters. The van der Waals surface area contributed by atoms with Gasteiger partial charge in [0, 0.05) is 0 Å².